The van der Waals surface area contributed by atoms with Crippen molar-refractivity contribution in [2.75, 3.05) is 26.2 Å². The molecular formula is C22H25N3O3. The number of pyridine rings is 1. The maximum absolute atomic E-state index is 12.7. The molecule has 0 radical (unpaired) electrons. The Bertz CT molecular complexity index is 862. The molecule has 2 saturated heterocycles. The highest BCUT2D eigenvalue weighted by Crippen LogP contribution is 2.42. The van der Waals surface area contributed by atoms with Crippen molar-refractivity contribution in [1.82, 2.24) is 15.2 Å². The van der Waals surface area contributed by atoms with Crippen molar-refractivity contribution in [3.8, 4) is 0 Å². The maximum Gasteiger partial charge on any atom is 0.254 e. The molecule has 2 amide bonds. The molecule has 3 heterocycles. The molecule has 6 nitrogen and oxygen atoms in total. The lowest BCUT2D eigenvalue weighted by Crippen LogP contribution is -2.66. The van der Waals surface area contributed by atoms with Crippen LogP contribution in [0.4, 0.5) is 0 Å². The van der Waals surface area contributed by atoms with Gasteiger partial charge < -0.3 is 15.0 Å². The van der Waals surface area contributed by atoms with Crippen molar-refractivity contribution < 1.29 is 14.3 Å². The highest BCUT2D eigenvalue weighted by molar-refractivity contribution is 5.95. The summed E-state index contributed by atoms with van der Waals surface area (Å²) in [5.74, 6) is 0.308. The summed E-state index contributed by atoms with van der Waals surface area (Å²) in [7, 11) is 0. The second kappa shape index (κ2) is 7.72. The van der Waals surface area contributed by atoms with E-state index in [1.165, 1.54) is 0 Å². The number of ether oxygens (including phenoxy) is 1. The number of likely N-dealkylation sites (tertiary alicyclic amines) is 1. The van der Waals surface area contributed by atoms with E-state index in [2.05, 4.69) is 10.3 Å². The molecule has 2 aliphatic heterocycles. The summed E-state index contributed by atoms with van der Waals surface area (Å²) in [6.07, 6.45) is 5.03. The number of hydrogen-bond donors (Lipinski definition) is 1. The van der Waals surface area contributed by atoms with Gasteiger partial charge in [-0.25, -0.2) is 0 Å². The van der Waals surface area contributed by atoms with Gasteiger partial charge in [-0.1, -0.05) is 17.7 Å². The third-order valence-corrected chi connectivity index (χ3v) is 5.77. The molecule has 0 aliphatic carbocycles. The van der Waals surface area contributed by atoms with Crippen LogP contribution >= 0.6 is 0 Å². The van der Waals surface area contributed by atoms with E-state index in [1.807, 2.05) is 36.1 Å². The van der Waals surface area contributed by atoms with Gasteiger partial charge in [0.15, 0.2) is 0 Å². The standard InChI is InChI=1S/C22H25N3O3/c1-16-4-2-5-17(12-16)21(27)25-14-22(15-25)19(8-11-28-22)7-10-24-20(26)18-6-3-9-23-13-18/h2-6,9,12-13,19H,7-8,10-11,14-15H2,1H3,(H,24,26). The fraction of sp³-hybridized carbons (Fsp3) is 0.409. The van der Waals surface area contributed by atoms with Gasteiger partial charge in [-0.05, 0) is 49.9 Å². The van der Waals surface area contributed by atoms with E-state index in [0.717, 1.165) is 24.0 Å². The van der Waals surface area contributed by atoms with Crippen LogP contribution in [0.2, 0.25) is 0 Å². The number of carbonyl (C=O) groups excluding carboxylic acids is 2. The first-order valence-corrected chi connectivity index (χ1v) is 9.75. The fourth-order valence-corrected chi connectivity index (χ4v) is 4.21. The summed E-state index contributed by atoms with van der Waals surface area (Å²) < 4.78 is 6.05. The van der Waals surface area contributed by atoms with E-state index in [1.54, 1.807) is 24.5 Å². The number of nitrogens with one attached hydrogen (secondary N) is 1. The minimum absolute atomic E-state index is 0.0634. The number of benzene rings is 1. The molecule has 4 rings (SSSR count). The summed E-state index contributed by atoms with van der Waals surface area (Å²) in [5.41, 5.74) is 2.13. The van der Waals surface area contributed by atoms with Gasteiger partial charge in [0.25, 0.3) is 11.8 Å². The van der Waals surface area contributed by atoms with Gasteiger partial charge in [0.05, 0.1) is 18.7 Å². The molecule has 146 valence electrons. The number of hydrogen-bond acceptors (Lipinski definition) is 4. The molecule has 1 unspecified atom stereocenters. The molecule has 0 saturated carbocycles. The third-order valence-electron chi connectivity index (χ3n) is 5.77. The third kappa shape index (κ3) is 3.64. The Morgan fingerprint density at radius 2 is 2.07 bits per heavy atom. The van der Waals surface area contributed by atoms with E-state index in [9.17, 15) is 9.59 Å². The smallest absolute Gasteiger partial charge is 0.254 e. The van der Waals surface area contributed by atoms with E-state index < -0.39 is 0 Å². The number of carbonyl (C=O) groups is 2. The van der Waals surface area contributed by atoms with Crippen molar-refractivity contribution in [2.45, 2.75) is 25.4 Å². The van der Waals surface area contributed by atoms with Gasteiger partial charge in [-0.15, -0.1) is 0 Å². The van der Waals surface area contributed by atoms with Gasteiger partial charge in [0.2, 0.25) is 0 Å². The molecular weight excluding hydrogens is 354 g/mol. The van der Waals surface area contributed by atoms with Crippen LogP contribution in [0.15, 0.2) is 48.8 Å². The van der Waals surface area contributed by atoms with Gasteiger partial charge in [0, 0.05) is 31.1 Å². The number of aryl methyl sites for hydroxylation is 1. The zero-order valence-corrected chi connectivity index (χ0v) is 16.1. The van der Waals surface area contributed by atoms with Gasteiger partial charge in [0.1, 0.15) is 5.60 Å². The SMILES string of the molecule is Cc1cccc(C(=O)N2CC3(C2)OCCC3CCNC(=O)c2cccnc2)c1. The summed E-state index contributed by atoms with van der Waals surface area (Å²) in [5, 5.41) is 2.96. The Morgan fingerprint density at radius 1 is 1.25 bits per heavy atom. The zero-order valence-electron chi connectivity index (χ0n) is 16.1. The van der Waals surface area contributed by atoms with Crippen molar-refractivity contribution in [2.24, 2.45) is 5.92 Å². The molecule has 2 aromatic rings. The minimum Gasteiger partial charge on any atom is -0.371 e. The Balaban J connectivity index is 1.30. The molecule has 2 aliphatic rings. The second-order valence-corrected chi connectivity index (χ2v) is 7.72. The van der Waals surface area contributed by atoms with E-state index in [0.29, 0.717) is 37.7 Å². The molecule has 28 heavy (non-hydrogen) atoms. The first-order valence-electron chi connectivity index (χ1n) is 9.75. The van der Waals surface area contributed by atoms with Crippen LogP contribution in [0.25, 0.3) is 0 Å². The zero-order chi connectivity index (χ0) is 19.6. The number of aromatic nitrogens is 1. The lowest BCUT2D eigenvalue weighted by atomic mass is 9.78. The predicted octanol–water partition coefficient (Wildman–Crippen LogP) is 2.44. The van der Waals surface area contributed by atoms with Gasteiger partial charge in [-0.3, -0.25) is 14.6 Å². The Hall–Kier alpha value is -2.73. The average molecular weight is 379 g/mol. The number of rotatable bonds is 5. The van der Waals surface area contributed by atoms with E-state index >= 15 is 0 Å². The summed E-state index contributed by atoms with van der Waals surface area (Å²) in [6.45, 7) is 4.55. The van der Waals surface area contributed by atoms with Crippen LogP contribution in [-0.4, -0.2) is 53.5 Å². The largest absolute Gasteiger partial charge is 0.371 e. The molecule has 1 spiro atoms. The fourth-order valence-electron chi connectivity index (χ4n) is 4.21. The Morgan fingerprint density at radius 3 is 2.82 bits per heavy atom. The van der Waals surface area contributed by atoms with Crippen LogP contribution < -0.4 is 5.32 Å². The van der Waals surface area contributed by atoms with Crippen molar-refractivity contribution in [3.05, 3.63) is 65.5 Å². The van der Waals surface area contributed by atoms with Crippen LogP contribution in [0.5, 0.6) is 0 Å². The van der Waals surface area contributed by atoms with Crippen molar-refractivity contribution >= 4 is 11.8 Å². The van der Waals surface area contributed by atoms with Crippen LogP contribution in [-0.2, 0) is 4.74 Å². The monoisotopic (exact) mass is 379 g/mol. The Kier molecular flexibility index (Phi) is 5.13. The highest BCUT2D eigenvalue weighted by atomic mass is 16.5. The summed E-state index contributed by atoms with van der Waals surface area (Å²) in [4.78, 5) is 30.7. The van der Waals surface area contributed by atoms with Gasteiger partial charge in [-0.2, -0.15) is 0 Å². The lowest BCUT2D eigenvalue weighted by molar-refractivity contribution is -0.117. The molecule has 1 N–H and O–H groups in total. The summed E-state index contributed by atoms with van der Waals surface area (Å²) in [6, 6.07) is 11.2. The predicted molar refractivity (Wildman–Crippen MR) is 105 cm³/mol. The van der Waals surface area contributed by atoms with E-state index in [4.69, 9.17) is 4.74 Å². The normalized spacial score (nSPS) is 20.0. The minimum atomic E-state index is -0.251. The van der Waals surface area contributed by atoms with Crippen LogP contribution in [0, 0.1) is 12.8 Å². The quantitative estimate of drug-likeness (QED) is 0.866. The molecule has 2 fully saturated rings. The highest BCUT2D eigenvalue weighted by Gasteiger charge is 2.54. The lowest BCUT2D eigenvalue weighted by Gasteiger charge is -2.50. The molecule has 0 bridgehead atoms. The van der Waals surface area contributed by atoms with Gasteiger partial charge >= 0.3 is 0 Å². The van der Waals surface area contributed by atoms with Crippen LogP contribution in [0.1, 0.15) is 39.1 Å². The summed E-state index contributed by atoms with van der Waals surface area (Å²) >= 11 is 0. The van der Waals surface area contributed by atoms with Crippen molar-refractivity contribution in [1.29, 1.82) is 0 Å². The first kappa shape index (κ1) is 18.6. The number of nitrogens with zero attached hydrogens (tertiary/aromatic N) is 2. The number of amides is 2. The Labute approximate surface area is 164 Å². The molecule has 6 heteroatoms. The first-order chi connectivity index (χ1) is 13.6. The average Bonchev–Trinajstić information content (AvgIpc) is 3.11. The maximum atomic E-state index is 12.7. The molecule has 1 aromatic heterocycles. The molecule has 1 atom stereocenters. The second-order valence-electron chi connectivity index (χ2n) is 7.72. The topological polar surface area (TPSA) is 71.5 Å². The molecule has 1 aromatic carbocycles. The van der Waals surface area contributed by atoms with Crippen molar-refractivity contribution in [3.63, 3.8) is 0 Å². The van der Waals surface area contributed by atoms with E-state index in [-0.39, 0.29) is 17.4 Å². The van der Waals surface area contributed by atoms with Crippen LogP contribution in [0.3, 0.4) is 0 Å².